The van der Waals surface area contributed by atoms with Gasteiger partial charge in [0.1, 0.15) is 0 Å². The zero-order valence-electron chi connectivity index (χ0n) is 70.8. The van der Waals surface area contributed by atoms with Crippen LogP contribution in [0, 0.1) is 0 Å². The number of para-hydroxylation sites is 6. The van der Waals surface area contributed by atoms with E-state index in [0.717, 1.165) is 176 Å². The first-order valence-corrected chi connectivity index (χ1v) is 45.6. The first-order valence-electron chi connectivity index (χ1n) is 45.6. The predicted octanol–water partition coefficient (Wildman–Crippen LogP) is 29.3. The van der Waals surface area contributed by atoms with Crippen molar-refractivity contribution >= 4 is 251 Å². The number of pyridine rings is 1. The van der Waals surface area contributed by atoms with E-state index in [-0.39, 0.29) is 5.78 Å². The van der Waals surface area contributed by atoms with E-state index >= 15 is 0 Å². The van der Waals surface area contributed by atoms with Gasteiger partial charge < -0.3 is 13.2 Å². The summed E-state index contributed by atoms with van der Waals surface area (Å²) in [6.07, 6.45) is 3.93. The van der Waals surface area contributed by atoms with Gasteiger partial charge in [-0.2, -0.15) is 4.98 Å². The van der Waals surface area contributed by atoms with Gasteiger partial charge in [-0.1, -0.05) is 243 Å². The van der Waals surface area contributed by atoms with Crippen LogP contribution < -0.4 is 0 Å². The molecule has 0 aliphatic heterocycles. The first-order chi connectivity index (χ1) is 66.4. The third-order valence-corrected chi connectivity index (χ3v) is 30.5. The lowest BCUT2D eigenvalue weighted by molar-refractivity contribution is 0.104. The smallest absolute Gasteiger partial charge is 0.236 e. The highest BCUT2D eigenvalue weighted by molar-refractivity contribution is 6.43. The molecule has 0 fully saturated rings. The van der Waals surface area contributed by atoms with Crippen molar-refractivity contribution in [3.05, 3.63) is 369 Å². The number of ketones is 1. The standard InChI is InChI=1S/C120H59N13O/c134-116-76-28-6-5-27-75(76)111-100-80(116)32-19-33-85(100)123-119(125-111)133-95-50-44-61-40-41-64(54-81(61)103(95)110-98(133)57-84-72-24-9-15-36-89(72)130-92-39-18-12-31-79(92)106(110)115(84)130)68-47-48-86-107-99(68)73-25-3-4-26-74(73)112(107)126-120(124-86)132-94-51-45-63-52-62(42-46-69(63)102(94)109-97(132)56-83-71-23-8-14-35-88(71)129-91-38-17-11-30-78(91)105(109)114(83)129)65-53-66-59-122-118(127-117(66)121-58-65)131-93-49-43-60-20-1-2-21-67(60)101(93)108-96(131)55-82-70-22-7-13-34-87(70)128-90-37-16-10-29-77(90)104(108)113(82)128/h1-59H. The molecule has 14 heteroatoms. The lowest BCUT2D eigenvalue weighted by atomic mass is 9.87. The number of fused-ring (bicyclic) bond motifs is 42. The number of rotatable bonds is 5. The third-order valence-electron chi connectivity index (χ3n) is 30.5. The molecular formula is C120H59N13O. The highest BCUT2D eigenvalue weighted by Crippen LogP contribution is 2.57. The zero-order valence-corrected chi connectivity index (χ0v) is 70.8. The Hall–Kier alpha value is -18.4. The Morgan fingerprint density at radius 1 is 0.201 bits per heavy atom. The Balaban J connectivity index is 0.562. The molecule has 13 heterocycles. The normalized spacial score (nSPS) is 13.1. The minimum Gasteiger partial charge on any atom is -0.308 e. The number of benzene rings is 19. The maximum Gasteiger partial charge on any atom is 0.236 e. The quantitative estimate of drug-likeness (QED) is 0.166. The van der Waals surface area contributed by atoms with Gasteiger partial charge in [0.05, 0.1) is 105 Å². The van der Waals surface area contributed by atoms with Gasteiger partial charge in [0.25, 0.3) is 0 Å². The van der Waals surface area contributed by atoms with E-state index in [1.165, 1.54) is 114 Å². The van der Waals surface area contributed by atoms with Gasteiger partial charge in [0.2, 0.25) is 17.8 Å². The second-order valence-corrected chi connectivity index (χ2v) is 36.8. The van der Waals surface area contributed by atoms with E-state index in [2.05, 4.69) is 330 Å². The van der Waals surface area contributed by atoms with E-state index in [1.54, 1.807) is 0 Å². The van der Waals surface area contributed by atoms with Crippen LogP contribution in [0.25, 0.3) is 319 Å². The summed E-state index contributed by atoms with van der Waals surface area (Å²) in [6.45, 7) is 0. The fourth-order valence-corrected chi connectivity index (χ4v) is 25.2. The van der Waals surface area contributed by atoms with E-state index in [0.29, 0.717) is 40.1 Å². The molecule has 610 valence electrons. The van der Waals surface area contributed by atoms with Crippen molar-refractivity contribution in [2.45, 2.75) is 0 Å². The SMILES string of the molecule is O=C1c2ccccc2-c2nc(-n3c4ccc5ccc(-c6ccc7nc(-n8c9ccc%10cc(-c%11cnc%12nc(-n%13c%14ccc%15ccccc%15c%14c%14c%15c%16ccccc%16n%16c%17ccccc%17c(cc%14%13)c%15%16)ncc%12c%11)ccc%10c9c9c%10c%11ccccc%11n%11c%12ccccc%12c(cc98)c%10%11)nc8c7c6-c6ccccc6-8)cc5c4c4c5c6ccccc6n6c7ccccc7c(cc43)c56)nc3cccc1c23. The molecule has 14 nitrogen and oxygen atoms in total. The van der Waals surface area contributed by atoms with Crippen molar-refractivity contribution < 1.29 is 4.79 Å². The second kappa shape index (κ2) is 23.9. The van der Waals surface area contributed by atoms with Gasteiger partial charge in [0.15, 0.2) is 11.4 Å². The number of hydrogen-bond donors (Lipinski definition) is 0. The molecule has 2 aliphatic rings. The Labute approximate surface area is 755 Å². The molecular weight excluding hydrogens is 1640 g/mol. The Kier molecular flexibility index (Phi) is 12.3. The van der Waals surface area contributed by atoms with Crippen LogP contribution in [0.1, 0.15) is 15.9 Å². The van der Waals surface area contributed by atoms with Crippen LogP contribution in [0.2, 0.25) is 0 Å². The minimum absolute atomic E-state index is 0.0172. The van der Waals surface area contributed by atoms with Crippen LogP contribution in [-0.2, 0) is 0 Å². The van der Waals surface area contributed by atoms with E-state index < -0.39 is 0 Å². The zero-order chi connectivity index (χ0) is 86.4. The van der Waals surface area contributed by atoms with Crippen LogP contribution in [0.15, 0.2) is 358 Å². The molecule has 19 aromatic carbocycles. The van der Waals surface area contributed by atoms with Crippen LogP contribution in [0.3, 0.4) is 0 Å². The van der Waals surface area contributed by atoms with Crippen molar-refractivity contribution in [3.63, 3.8) is 0 Å². The Morgan fingerprint density at radius 3 is 1.20 bits per heavy atom. The fourth-order valence-electron chi connectivity index (χ4n) is 25.2. The molecule has 32 aromatic rings. The summed E-state index contributed by atoms with van der Waals surface area (Å²) in [5.74, 6) is 1.67. The van der Waals surface area contributed by atoms with Crippen LogP contribution in [0.4, 0.5) is 0 Å². The Morgan fingerprint density at radius 2 is 0.627 bits per heavy atom. The molecule has 0 unspecified atom stereocenters. The molecule has 0 bridgehead atoms. The minimum atomic E-state index is -0.0172. The summed E-state index contributed by atoms with van der Waals surface area (Å²) in [4.78, 5) is 53.4. The molecule has 134 heavy (non-hydrogen) atoms. The number of aromatic nitrogens is 13. The highest BCUT2D eigenvalue weighted by atomic mass is 16.1. The molecule has 2 aliphatic carbocycles. The summed E-state index contributed by atoms with van der Waals surface area (Å²) in [7, 11) is 0. The number of carbonyl (C=O) groups excluding carboxylic acids is 1. The number of carbonyl (C=O) groups is 1. The van der Waals surface area contributed by atoms with Gasteiger partial charge in [0, 0.05) is 159 Å². The molecule has 0 saturated carbocycles. The van der Waals surface area contributed by atoms with Crippen molar-refractivity contribution in [3.8, 4) is 73.7 Å². The Bertz CT molecular complexity index is 11300. The van der Waals surface area contributed by atoms with Gasteiger partial charge in [-0.25, -0.2) is 29.9 Å². The van der Waals surface area contributed by atoms with Gasteiger partial charge in [-0.3, -0.25) is 18.5 Å². The summed E-state index contributed by atoms with van der Waals surface area (Å²) in [6, 6.07) is 126. The van der Waals surface area contributed by atoms with Crippen molar-refractivity contribution in [2.75, 3.05) is 0 Å². The number of nitrogens with zero attached hydrogens (tertiary/aromatic N) is 13. The monoisotopic (exact) mass is 1700 g/mol. The lowest BCUT2D eigenvalue weighted by Gasteiger charge is -2.19. The third kappa shape index (κ3) is 8.22. The molecule has 0 spiro atoms. The molecule has 0 atom stereocenters. The van der Waals surface area contributed by atoms with E-state index in [9.17, 15) is 4.79 Å². The maximum absolute atomic E-state index is 14.3. The van der Waals surface area contributed by atoms with Crippen molar-refractivity contribution in [1.29, 1.82) is 0 Å². The average molecular weight is 1700 g/mol. The summed E-state index contributed by atoms with van der Waals surface area (Å²) in [5, 5.41) is 30.5. The molecule has 0 radical (unpaired) electrons. The molecule has 0 amide bonds. The highest BCUT2D eigenvalue weighted by Gasteiger charge is 2.36. The maximum atomic E-state index is 14.3. The lowest BCUT2D eigenvalue weighted by Crippen LogP contribution is -2.13. The average Bonchev–Trinajstić information content (AvgIpc) is 1.51. The molecule has 0 N–H and O–H groups in total. The van der Waals surface area contributed by atoms with E-state index in [4.69, 9.17) is 34.9 Å². The van der Waals surface area contributed by atoms with Crippen molar-refractivity contribution in [1.82, 2.24) is 61.8 Å². The van der Waals surface area contributed by atoms with Crippen molar-refractivity contribution in [2.24, 2.45) is 0 Å². The summed E-state index contributed by atoms with van der Waals surface area (Å²) in [5.41, 5.74) is 30.0. The topological polar surface area (TPSA) is 135 Å². The largest absolute Gasteiger partial charge is 0.308 e. The molecule has 13 aromatic heterocycles. The first kappa shape index (κ1) is 68.8. The van der Waals surface area contributed by atoms with Gasteiger partial charge in [-0.15, -0.1) is 0 Å². The number of hydrogen-bond acceptors (Lipinski definition) is 8. The second-order valence-electron chi connectivity index (χ2n) is 36.8. The van der Waals surface area contributed by atoms with E-state index in [1.807, 2.05) is 54.9 Å². The van der Waals surface area contributed by atoms with Crippen LogP contribution in [-0.4, -0.2) is 67.6 Å². The van der Waals surface area contributed by atoms with Crippen LogP contribution in [0.5, 0.6) is 0 Å². The van der Waals surface area contributed by atoms with Gasteiger partial charge >= 0.3 is 0 Å². The fraction of sp³-hybridized carbons (Fsp3) is 0. The van der Waals surface area contributed by atoms with Crippen LogP contribution >= 0.6 is 0 Å². The predicted molar refractivity (Wildman–Crippen MR) is 547 cm³/mol. The summed E-state index contributed by atoms with van der Waals surface area (Å²) >= 11 is 0. The van der Waals surface area contributed by atoms with Gasteiger partial charge in [-0.05, 0) is 158 Å². The summed E-state index contributed by atoms with van der Waals surface area (Å²) < 4.78 is 14.3. The molecule has 0 saturated heterocycles. The molecule has 34 rings (SSSR count).